The van der Waals surface area contributed by atoms with Gasteiger partial charge in [-0.2, -0.15) is 0 Å². The maximum absolute atomic E-state index is 12.2. The summed E-state index contributed by atoms with van der Waals surface area (Å²) in [7, 11) is 1.86. The van der Waals surface area contributed by atoms with Crippen LogP contribution >= 0.6 is 0 Å². The van der Waals surface area contributed by atoms with Gasteiger partial charge in [-0.3, -0.25) is 4.79 Å². The zero-order chi connectivity index (χ0) is 12.3. The summed E-state index contributed by atoms with van der Waals surface area (Å²) in [6, 6.07) is 0.275. The van der Waals surface area contributed by atoms with Crippen LogP contribution in [-0.2, 0) is 7.05 Å². The number of nitrogens with zero attached hydrogens (tertiary/aromatic N) is 3. The molecule has 1 amide bonds. The number of rotatable bonds is 4. The SMILES string of the molecule is Cn1cnc(C(=O)N2CCCC2CCCO)c1. The van der Waals surface area contributed by atoms with E-state index >= 15 is 0 Å². The zero-order valence-corrected chi connectivity index (χ0v) is 10.2. The van der Waals surface area contributed by atoms with E-state index in [0.717, 1.165) is 32.2 Å². The van der Waals surface area contributed by atoms with Crippen molar-refractivity contribution in [1.29, 1.82) is 0 Å². The first kappa shape index (κ1) is 12.1. The van der Waals surface area contributed by atoms with Crippen molar-refractivity contribution in [2.45, 2.75) is 31.7 Å². The third-order valence-electron chi connectivity index (χ3n) is 3.26. The maximum atomic E-state index is 12.2. The summed E-state index contributed by atoms with van der Waals surface area (Å²) in [5.74, 6) is 0.0195. The molecule has 5 nitrogen and oxygen atoms in total. The number of amides is 1. The highest BCUT2D eigenvalue weighted by Crippen LogP contribution is 2.22. The number of aromatic nitrogens is 2. The van der Waals surface area contributed by atoms with E-state index in [9.17, 15) is 4.79 Å². The quantitative estimate of drug-likeness (QED) is 0.842. The number of likely N-dealkylation sites (tertiary alicyclic amines) is 1. The van der Waals surface area contributed by atoms with Gasteiger partial charge in [0.25, 0.3) is 5.91 Å². The third kappa shape index (κ3) is 2.66. The monoisotopic (exact) mass is 237 g/mol. The molecule has 1 fully saturated rings. The Morgan fingerprint density at radius 2 is 2.47 bits per heavy atom. The molecule has 0 spiro atoms. The van der Waals surface area contributed by atoms with Gasteiger partial charge < -0.3 is 14.6 Å². The van der Waals surface area contributed by atoms with Crippen LogP contribution in [0.3, 0.4) is 0 Å². The number of hydrogen-bond donors (Lipinski definition) is 1. The minimum atomic E-state index is 0.0195. The van der Waals surface area contributed by atoms with Crippen LogP contribution in [-0.4, -0.2) is 44.7 Å². The Morgan fingerprint density at radius 3 is 3.12 bits per heavy atom. The van der Waals surface area contributed by atoms with E-state index in [4.69, 9.17) is 5.11 Å². The van der Waals surface area contributed by atoms with Gasteiger partial charge in [0.15, 0.2) is 0 Å². The summed E-state index contributed by atoms with van der Waals surface area (Å²) in [5, 5.41) is 8.85. The Labute approximate surface area is 101 Å². The standard InChI is InChI=1S/C12H19N3O2/c1-14-8-11(13-9-14)12(17)15-6-2-4-10(15)5-3-7-16/h8-10,16H,2-7H2,1H3. The molecule has 1 aliphatic rings. The summed E-state index contributed by atoms with van der Waals surface area (Å²) in [6.07, 6.45) is 7.13. The van der Waals surface area contributed by atoms with Crippen LogP contribution in [0.15, 0.2) is 12.5 Å². The molecule has 1 aromatic rings. The molecule has 17 heavy (non-hydrogen) atoms. The lowest BCUT2D eigenvalue weighted by molar-refractivity contribution is 0.0719. The highest BCUT2D eigenvalue weighted by Gasteiger charge is 2.29. The number of imidazole rings is 1. The number of aliphatic hydroxyl groups excluding tert-OH is 1. The molecule has 1 aromatic heterocycles. The van der Waals surface area contributed by atoms with E-state index in [2.05, 4.69) is 4.98 Å². The minimum absolute atomic E-state index is 0.0195. The van der Waals surface area contributed by atoms with Crippen molar-refractivity contribution in [2.24, 2.45) is 7.05 Å². The zero-order valence-electron chi connectivity index (χ0n) is 10.2. The highest BCUT2D eigenvalue weighted by atomic mass is 16.3. The Hall–Kier alpha value is -1.36. The summed E-state index contributed by atoms with van der Waals surface area (Å²) >= 11 is 0. The lowest BCUT2D eigenvalue weighted by Crippen LogP contribution is -2.35. The van der Waals surface area contributed by atoms with Gasteiger partial charge in [0.2, 0.25) is 0 Å². The van der Waals surface area contributed by atoms with E-state index in [1.807, 2.05) is 11.9 Å². The Kier molecular flexibility index (Phi) is 3.78. The number of carbonyl (C=O) groups excluding carboxylic acids is 1. The first-order chi connectivity index (χ1) is 8.22. The summed E-state index contributed by atoms with van der Waals surface area (Å²) in [4.78, 5) is 18.2. The average Bonchev–Trinajstić information content (AvgIpc) is 2.94. The van der Waals surface area contributed by atoms with Crippen molar-refractivity contribution in [3.8, 4) is 0 Å². The molecule has 1 N–H and O–H groups in total. The number of carbonyl (C=O) groups is 1. The molecule has 0 bridgehead atoms. The second-order valence-electron chi connectivity index (χ2n) is 4.58. The molecule has 0 aliphatic carbocycles. The first-order valence-electron chi connectivity index (χ1n) is 6.12. The van der Waals surface area contributed by atoms with Crippen molar-refractivity contribution in [2.75, 3.05) is 13.2 Å². The average molecular weight is 237 g/mol. The van der Waals surface area contributed by atoms with Crippen molar-refractivity contribution in [3.63, 3.8) is 0 Å². The number of aryl methyl sites for hydroxylation is 1. The molecule has 5 heteroatoms. The van der Waals surface area contributed by atoms with Crippen LogP contribution in [0.2, 0.25) is 0 Å². The van der Waals surface area contributed by atoms with Crippen molar-refractivity contribution in [1.82, 2.24) is 14.5 Å². The van der Waals surface area contributed by atoms with Crippen LogP contribution < -0.4 is 0 Å². The second kappa shape index (κ2) is 5.31. The van der Waals surface area contributed by atoms with Crippen LogP contribution in [0, 0.1) is 0 Å². The van der Waals surface area contributed by atoms with Gasteiger partial charge in [-0.25, -0.2) is 4.98 Å². The molecule has 1 atom stereocenters. The molecule has 2 rings (SSSR count). The lowest BCUT2D eigenvalue weighted by atomic mass is 10.1. The van der Waals surface area contributed by atoms with Crippen LogP contribution in [0.25, 0.3) is 0 Å². The van der Waals surface area contributed by atoms with Crippen LogP contribution in [0.4, 0.5) is 0 Å². The van der Waals surface area contributed by atoms with Gasteiger partial charge in [0, 0.05) is 32.4 Å². The largest absolute Gasteiger partial charge is 0.396 e. The molecule has 1 unspecified atom stereocenters. The smallest absolute Gasteiger partial charge is 0.274 e. The Morgan fingerprint density at radius 1 is 1.65 bits per heavy atom. The summed E-state index contributed by atoms with van der Waals surface area (Å²) in [5.41, 5.74) is 0.517. The van der Waals surface area contributed by atoms with E-state index in [0.29, 0.717) is 5.69 Å². The third-order valence-corrected chi connectivity index (χ3v) is 3.26. The predicted octanol–water partition coefficient (Wildman–Crippen LogP) is 0.797. The van der Waals surface area contributed by atoms with E-state index in [1.54, 1.807) is 17.1 Å². The van der Waals surface area contributed by atoms with Crippen molar-refractivity contribution in [3.05, 3.63) is 18.2 Å². The molecule has 1 saturated heterocycles. The fourth-order valence-corrected chi connectivity index (χ4v) is 2.40. The summed E-state index contributed by atoms with van der Waals surface area (Å²) in [6.45, 7) is 1.01. The molecule has 2 heterocycles. The molecular weight excluding hydrogens is 218 g/mol. The second-order valence-corrected chi connectivity index (χ2v) is 4.58. The molecule has 0 radical (unpaired) electrons. The van der Waals surface area contributed by atoms with Crippen LogP contribution in [0.5, 0.6) is 0 Å². The van der Waals surface area contributed by atoms with Crippen molar-refractivity contribution < 1.29 is 9.90 Å². The molecule has 0 saturated carbocycles. The van der Waals surface area contributed by atoms with Crippen molar-refractivity contribution >= 4 is 5.91 Å². The van der Waals surface area contributed by atoms with Gasteiger partial charge >= 0.3 is 0 Å². The molecule has 94 valence electrons. The van der Waals surface area contributed by atoms with Gasteiger partial charge in [0.1, 0.15) is 5.69 Å². The van der Waals surface area contributed by atoms with E-state index in [1.165, 1.54) is 0 Å². The number of hydrogen-bond acceptors (Lipinski definition) is 3. The van der Waals surface area contributed by atoms with Crippen LogP contribution in [0.1, 0.15) is 36.2 Å². The summed E-state index contributed by atoms with van der Waals surface area (Å²) < 4.78 is 1.78. The molecule has 0 aromatic carbocycles. The fraction of sp³-hybridized carbons (Fsp3) is 0.667. The molecule has 1 aliphatic heterocycles. The number of aliphatic hydroxyl groups is 1. The Balaban J connectivity index is 2.03. The normalized spacial score (nSPS) is 19.9. The molecular formula is C12H19N3O2. The van der Waals surface area contributed by atoms with Gasteiger partial charge in [-0.05, 0) is 25.7 Å². The topological polar surface area (TPSA) is 58.4 Å². The fourth-order valence-electron chi connectivity index (χ4n) is 2.40. The lowest BCUT2D eigenvalue weighted by Gasteiger charge is -2.23. The van der Waals surface area contributed by atoms with Gasteiger partial charge in [-0.1, -0.05) is 0 Å². The van der Waals surface area contributed by atoms with Gasteiger partial charge in [-0.15, -0.1) is 0 Å². The van der Waals surface area contributed by atoms with Gasteiger partial charge in [0.05, 0.1) is 6.33 Å². The maximum Gasteiger partial charge on any atom is 0.274 e. The highest BCUT2D eigenvalue weighted by molar-refractivity contribution is 5.92. The predicted molar refractivity (Wildman–Crippen MR) is 63.6 cm³/mol. The minimum Gasteiger partial charge on any atom is -0.396 e. The van der Waals surface area contributed by atoms with E-state index < -0.39 is 0 Å². The first-order valence-corrected chi connectivity index (χ1v) is 6.12. The van der Waals surface area contributed by atoms with E-state index in [-0.39, 0.29) is 18.6 Å². The Bertz CT molecular complexity index is 389.